The lowest BCUT2D eigenvalue weighted by Crippen LogP contribution is -2.41. The monoisotopic (exact) mass is 283 g/mol. The Morgan fingerprint density at radius 2 is 1.90 bits per heavy atom. The molecule has 1 amide bonds. The summed E-state index contributed by atoms with van der Waals surface area (Å²) in [5.74, 6) is 1.52. The highest BCUT2D eigenvalue weighted by atomic mass is 16.5. The molecule has 1 aliphatic heterocycles. The van der Waals surface area contributed by atoms with Crippen molar-refractivity contribution in [2.24, 2.45) is 0 Å². The maximum absolute atomic E-state index is 12.0. The lowest BCUT2D eigenvalue weighted by molar-refractivity contribution is -0.121. The zero-order chi connectivity index (χ0) is 14.7. The maximum Gasteiger partial charge on any atom is 0.265 e. The first kappa shape index (κ1) is 13.5. The van der Waals surface area contributed by atoms with E-state index in [9.17, 15) is 4.79 Å². The van der Waals surface area contributed by atoms with Crippen LogP contribution in [-0.4, -0.2) is 25.7 Å². The first-order valence-corrected chi connectivity index (χ1v) is 6.96. The Morgan fingerprint density at radius 3 is 2.71 bits per heavy atom. The van der Waals surface area contributed by atoms with Gasteiger partial charge >= 0.3 is 0 Å². The van der Waals surface area contributed by atoms with E-state index < -0.39 is 0 Å². The molecule has 0 radical (unpaired) electrons. The third-order valence-electron chi connectivity index (χ3n) is 3.41. The minimum absolute atomic E-state index is 0.0405. The third kappa shape index (κ3) is 2.99. The fraction of sp³-hybridized carbons (Fsp3) is 0.235. The molecule has 0 N–H and O–H groups in total. The fourth-order valence-electron chi connectivity index (χ4n) is 2.29. The van der Waals surface area contributed by atoms with Gasteiger partial charge in [-0.25, -0.2) is 0 Å². The van der Waals surface area contributed by atoms with Crippen LogP contribution < -0.4 is 14.4 Å². The molecule has 0 saturated carbocycles. The SMILES string of the molecule is Cc1ccc(OCCN2C(=O)COc3ccccc32)cc1. The number of rotatable bonds is 4. The summed E-state index contributed by atoms with van der Waals surface area (Å²) in [7, 11) is 0. The summed E-state index contributed by atoms with van der Waals surface area (Å²) in [4.78, 5) is 13.7. The van der Waals surface area contributed by atoms with Crippen LogP contribution in [0.4, 0.5) is 5.69 Å². The van der Waals surface area contributed by atoms with Gasteiger partial charge in [0.05, 0.1) is 12.2 Å². The standard InChI is InChI=1S/C17H17NO3/c1-13-6-8-14(9-7-13)20-11-10-18-15-4-2-3-5-16(15)21-12-17(18)19/h2-9H,10-12H2,1H3. The first-order chi connectivity index (χ1) is 10.2. The van der Waals surface area contributed by atoms with E-state index in [1.807, 2.05) is 55.5 Å². The average molecular weight is 283 g/mol. The van der Waals surface area contributed by atoms with Gasteiger partial charge in [0.1, 0.15) is 18.1 Å². The van der Waals surface area contributed by atoms with Crippen LogP contribution in [0.2, 0.25) is 0 Å². The Kier molecular flexibility index (Phi) is 3.77. The predicted molar refractivity (Wildman–Crippen MR) is 81.0 cm³/mol. The Balaban J connectivity index is 1.65. The van der Waals surface area contributed by atoms with E-state index in [4.69, 9.17) is 9.47 Å². The number of hydrogen-bond donors (Lipinski definition) is 0. The summed E-state index contributed by atoms with van der Waals surface area (Å²) in [6, 6.07) is 15.4. The second kappa shape index (κ2) is 5.87. The van der Waals surface area contributed by atoms with Crippen molar-refractivity contribution in [3.05, 3.63) is 54.1 Å². The van der Waals surface area contributed by atoms with Crippen LogP contribution in [0.1, 0.15) is 5.56 Å². The van der Waals surface area contributed by atoms with Crippen molar-refractivity contribution in [1.82, 2.24) is 0 Å². The summed E-state index contributed by atoms with van der Waals surface area (Å²) in [6.07, 6.45) is 0. The van der Waals surface area contributed by atoms with E-state index >= 15 is 0 Å². The van der Waals surface area contributed by atoms with Gasteiger partial charge in [-0.15, -0.1) is 0 Å². The van der Waals surface area contributed by atoms with Gasteiger partial charge in [0.2, 0.25) is 0 Å². The fourth-order valence-corrected chi connectivity index (χ4v) is 2.29. The summed E-state index contributed by atoms with van der Waals surface area (Å²) in [5.41, 5.74) is 2.00. The molecule has 2 aromatic rings. The summed E-state index contributed by atoms with van der Waals surface area (Å²) < 4.78 is 11.1. The van der Waals surface area contributed by atoms with Gasteiger partial charge in [-0.2, -0.15) is 0 Å². The van der Waals surface area contributed by atoms with Crippen molar-refractivity contribution in [1.29, 1.82) is 0 Å². The van der Waals surface area contributed by atoms with Crippen molar-refractivity contribution in [2.75, 3.05) is 24.7 Å². The number of hydrogen-bond acceptors (Lipinski definition) is 3. The smallest absolute Gasteiger partial charge is 0.265 e. The number of benzene rings is 2. The molecule has 4 heteroatoms. The molecule has 1 aliphatic rings. The normalized spacial score (nSPS) is 13.6. The van der Waals surface area contributed by atoms with Crippen molar-refractivity contribution >= 4 is 11.6 Å². The van der Waals surface area contributed by atoms with Gasteiger partial charge in [0, 0.05) is 0 Å². The average Bonchev–Trinajstić information content (AvgIpc) is 2.51. The highest BCUT2D eigenvalue weighted by Gasteiger charge is 2.24. The molecule has 21 heavy (non-hydrogen) atoms. The minimum Gasteiger partial charge on any atom is -0.492 e. The number of carbonyl (C=O) groups is 1. The number of amides is 1. The van der Waals surface area contributed by atoms with E-state index in [0.29, 0.717) is 13.2 Å². The van der Waals surface area contributed by atoms with Crippen LogP contribution in [0.25, 0.3) is 0 Å². The Morgan fingerprint density at radius 1 is 1.14 bits per heavy atom. The van der Waals surface area contributed by atoms with E-state index in [2.05, 4.69) is 0 Å². The van der Waals surface area contributed by atoms with Gasteiger partial charge in [-0.1, -0.05) is 29.8 Å². The quantitative estimate of drug-likeness (QED) is 0.866. The van der Waals surface area contributed by atoms with Crippen LogP contribution in [0.5, 0.6) is 11.5 Å². The van der Waals surface area contributed by atoms with Crippen molar-refractivity contribution in [2.45, 2.75) is 6.92 Å². The van der Waals surface area contributed by atoms with Crippen LogP contribution >= 0.6 is 0 Å². The van der Waals surface area contributed by atoms with Crippen molar-refractivity contribution in [3.63, 3.8) is 0 Å². The number of anilines is 1. The number of aryl methyl sites for hydroxylation is 1. The molecule has 0 aliphatic carbocycles. The molecule has 0 bridgehead atoms. The predicted octanol–water partition coefficient (Wildman–Crippen LogP) is 2.80. The summed E-state index contributed by atoms with van der Waals surface area (Å²) >= 11 is 0. The largest absolute Gasteiger partial charge is 0.492 e. The molecule has 0 atom stereocenters. The molecule has 0 unspecified atom stereocenters. The molecule has 0 aromatic heterocycles. The van der Waals surface area contributed by atoms with Gasteiger partial charge in [0.15, 0.2) is 6.61 Å². The molecular weight excluding hydrogens is 266 g/mol. The molecular formula is C17H17NO3. The van der Waals surface area contributed by atoms with Gasteiger partial charge in [-0.3, -0.25) is 4.79 Å². The van der Waals surface area contributed by atoms with E-state index in [1.54, 1.807) is 4.90 Å². The zero-order valence-corrected chi connectivity index (χ0v) is 11.9. The zero-order valence-electron chi connectivity index (χ0n) is 11.9. The molecule has 1 heterocycles. The summed E-state index contributed by atoms with van der Waals surface area (Å²) in [6.45, 7) is 3.07. The summed E-state index contributed by atoms with van der Waals surface area (Å²) in [5, 5.41) is 0. The van der Waals surface area contributed by atoms with Gasteiger partial charge in [-0.05, 0) is 31.2 Å². The Hall–Kier alpha value is -2.49. The number of nitrogens with zero attached hydrogens (tertiary/aromatic N) is 1. The van der Waals surface area contributed by atoms with Crippen LogP contribution in [0.3, 0.4) is 0 Å². The number of para-hydroxylation sites is 2. The molecule has 0 spiro atoms. The van der Waals surface area contributed by atoms with Gasteiger partial charge < -0.3 is 14.4 Å². The topological polar surface area (TPSA) is 38.8 Å². The number of carbonyl (C=O) groups excluding carboxylic acids is 1. The first-order valence-electron chi connectivity index (χ1n) is 6.96. The van der Waals surface area contributed by atoms with Crippen molar-refractivity contribution in [3.8, 4) is 11.5 Å². The molecule has 2 aromatic carbocycles. The second-order valence-corrected chi connectivity index (χ2v) is 4.96. The van der Waals surface area contributed by atoms with Crippen LogP contribution in [0.15, 0.2) is 48.5 Å². The number of ether oxygens (including phenoxy) is 2. The highest BCUT2D eigenvalue weighted by Crippen LogP contribution is 2.31. The van der Waals surface area contributed by atoms with E-state index in [-0.39, 0.29) is 12.5 Å². The van der Waals surface area contributed by atoms with Gasteiger partial charge in [0.25, 0.3) is 5.91 Å². The molecule has 0 saturated heterocycles. The molecule has 0 fully saturated rings. The Labute approximate surface area is 123 Å². The highest BCUT2D eigenvalue weighted by molar-refractivity contribution is 5.97. The van der Waals surface area contributed by atoms with Crippen LogP contribution in [0, 0.1) is 6.92 Å². The van der Waals surface area contributed by atoms with E-state index in [1.165, 1.54) is 5.56 Å². The Bertz CT molecular complexity index is 637. The van der Waals surface area contributed by atoms with E-state index in [0.717, 1.165) is 17.2 Å². The molecule has 108 valence electrons. The minimum atomic E-state index is -0.0405. The lowest BCUT2D eigenvalue weighted by atomic mass is 10.2. The lowest BCUT2D eigenvalue weighted by Gasteiger charge is -2.29. The van der Waals surface area contributed by atoms with Crippen molar-refractivity contribution < 1.29 is 14.3 Å². The molecule has 3 rings (SSSR count). The third-order valence-corrected chi connectivity index (χ3v) is 3.41. The second-order valence-electron chi connectivity index (χ2n) is 4.96. The maximum atomic E-state index is 12.0. The molecule has 4 nitrogen and oxygen atoms in total. The van der Waals surface area contributed by atoms with Crippen LogP contribution in [-0.2, 0) is 4.79 Å². The number of fused-ring (bicyclic) bond motifs is 1.